The second-order valence-corrected chi connectivity index (χ2v) is 5.48. The maximum absolute atomic E-state index is 11.6. The van der Waals surface area contributed by atoms with Gasteiger partial charge in [-0.05, 0) is 36.6 Å². The number of nitrogens with one attached hydrogen (secondary N) is 1. The van der Waals surface area contributed by atoms with Crippen molar-refractivity contribution in [2.75, 3.05) is 18.4 Å². The molecule has 1 aliphatic heterocycles. The van der Waals surface area contributed by atoms with Crippen molar-refractivity contribution in [2.45, 2.75) is 25.7 Å². The highest BCUT2D eigenvalue weighted by molar-refractivity contribution is 5.73. The van der Waals surface area contributed by atoms with Gasteiger partial charge in [0, 0.05) is 44.5 Å². The van der Waals surface area contributed by atoms with Gasteiger partial charge in [-0.3, -0.25) is 4.79 Å². The van der Waals surface area contributed by atoms with Crippen LogP contribution >= 0.6 is 0 Å². The summed E-state index contributed by atoms with van der Waals surface area (Å²) in [5, 5.41) is 3.10. The van der Waals surface area contributed by atoms with E-state index in [0.717, 1.165) is 31.7 Å². The Morgan fingerprint density at radius 1 is 1.27 bits per heavy atom. The normalized spacial score (nSPS) is 18.0. The third kappa shape index (κ3) is 3.39. The Morgan fingerprint density at radius 3 is 2.86 bits per heavy atom. The van der Waals surface area contributed by atoms with Crippen LogP contribution in [0.3, 0.4) is 0 Å². The standard InChI is InChI=1S/C16H19N5O/c1-12(22)21-9-2-4-14(11-21)13-5-8-17-15(10-13)20-16-18-6-3-7-19-16/h3,5-8,10,14H,2,4,9,11H2,1H3,(H,17,18,19,20)/t14-/m1/s1. The fraction of sp³-hybridized carbons (Fsp3) is 0.375. The molecule has 6 heteroatoms. The summed E-state index contributed by atoms with van der Waals surface area (Å²) >= 11 is 0. The average Bonchev–Trinajstić information content (AvgIpc) is 2.56. The maximum atomic E-state index is 11.6. The summed E-state index contributed by atoms with van der Waals surface area (Å²) < 4.78 is 0. The lowest BCUT2D eigenvalue weighted by Gasteiger charge is -2.32. The van der Waals surface area contributed by atoms with Crippen LogP contribution in [-0.2, 0) is 4.79 Å². The summed E-state index contributed by atoms with van der Waals surface area (Å²) in [6, 6.07) is 5.81. The van der Waals surface area contributed by atoms with Crippen molar-refractivity contribution in [3.63, 3.8) is 0 Å². The molecule has 0 aliphatic carbocycles. The topological polar surface area (TPSA) is 71.0 Å². The zero-order valence-corrected chi connectivity index (χ0v) is 12.6. The van der Waals surface area contributed by atoms with Gasteiger partial charge in [-0.2, -0.15) is 0 Å². The number of hydrogen-bond donors (Lipinski definition) is 1. The third-order valence-electron chi connectivity index (χ3n) is 3.93. The van der Waals surface area contributed by atoms with E-state index >= 15 is 0 Å². The van der Waals surface area contributed by atoms with Gasteiger partial charge in [0.2, 0.25) is 11.9 Å². The molecule has 0 bridgehead atoms. The lowest BCUT2D eigenvalue weighted by atomic mass is 9.91. The molecule has 0 spiro atoms. The molecule has 3 heterocycles. The Labute approximate surface area is 129 Å². The molecule has 1 fully saturated rings. The minimum Gasteiger partial charge on any atom is -0.342 e. The van der Waals surface area contributed by atoms with Crippen LogP contribution in [0.1, 0.15) is 31.2 Å². The minimum absolute atomic E-state index is 0.148. The van der Waals surface area contributed by atoms with E-state index in [1.54, 1.807) is 31.6 Å². The van der Waals surface area contributed by atoms with E-state index < -0.39 is 0 Å². The molecule has 1 atom stereocenters. The van der Waals surface area contributed by atoms with Gasteiger partial charge >= 0.3 is 0 Å². The van der Waals surface area contributed by atoms with E-state index in [-0.39, 0.29) is 5.91 Å². The lowest BCUT2D eigenvalue weighted by Crippen LogP contribution is -2.37. The van der Waals surface area contributed by atoms with Gasteiger partial charge < -0.3 is 10.2 Å². The van der Waals surface area contributed by atoms with Crippen molar-refractivity contribution in [1.29, 1.82) is 0 Å². The van der Waals surface area contributed by atoms with Gasteiger partial charge in [-0.1, -0.05) is 0 Å². The first-order chi connectivity index (χ1) is 10.7. The van der Waals surface area contributed by atoms with Crippen LogP contribution in [-0.4, -0.2) is 38.8 Å². The van der Waals surface area contributed by atoms with Gasteiger partial charge in [0.05, 0.1) is 0 Å². The summed E-state index contributed by atoms with van der Waals surface area (Å²) in [5.41, 5.74) is 1.19. The van der Waals surface area contributed by atoms with E-state index in [1.807, 2.05) is 17.0 Å². The third-order valence-corrected chi connectivity index (χ3v) is 3.93. The Kier molecular flexibility index (Phi) is 4.27. The van der Waals surface area contributed by atoms with E-state index in [9.17, 15) is 4.79 Å². The quantitative estimate of drug-likeness (QED) is 0.941. The van der Waals surface area contributed by atoms with Gasteiger partial charge in [-0.15, -0.1) is 0 Å². The molecule has 0 saturated carbocycles. The molecule has 2 aromatic heterocycles. The molecule has 22 heavy (non-hydrogen) atoms. The van der Waals surface area contributed by atoms with E-state index in [2.05, 4.69) is 20.3 Å². The molecular weight excluding hydrogens is 278 g/mol. The number of pyridine rings is 1. The lowest BCUT2D eigenvalue weighted by molar-refractivity contribution is -0.130. The number of rotatable bonds is 3. The molecule has 0 radical (unpaired) electrons. The number of hydrogen-bond acceptors (Lipinski definition) is 5. The van der Waals surface area contributed by atoms with Crippen LogP contribution in [0.5, 0.6) is 0 Å². The van der Waals surface area contributed by atoms with Crippen molar-refractivity contribution in [3.05, 3.63) is 42.4 Å². The zero-order chi connectivity index (χ0) is 15.4. The number of anilines is 2. The second kappa shape index (κ2) is 6.51. The Hall–Kier alpha value is -2.50. The monoisotopic (exact) mass is 297 g/mol. The first-order valence-corrected chi connectivity index (χ1v) is 7.48. The molecule has 2 aromatic rings. The van der Waals surface area contributed by atoms with Crippen LogP contribution in [0.15, 0.2) is 36.8 Å². The summed E-state index contributed by atoms with van der Waals surface area (Å²) in [6.07, 6.45) is 7.29. The molecule has 1 saturated heterocycles. The first-order valence-electron chi connectivity index (χ1n) is 7.48. The van der Waals surface area contributed by atoms with Crippen LogP contribution in [0.2, 0.25) is 0 Å². The van der Waals surface area contributed by atoms with Crippen LogP contribution in [0, 0.1) is 0 Å². The van der Waals surface area contributed by atoms with Crippen molar-refractivity contribution in [1.82, 2.24) is 19.9 Å². The van der Waals surface area contributed by atoms with E-state index in [1.165, 1.54) is 5.56 Å². The van der Waals surface area contributed by atoms with Crippen molar-refractivity contribution >= 4 is 17.7 Å². The number of amides is 1. The highest BCUT2D eigenvalue weighted by Gasteiger charge is 2.23. The maximum Gasteiger partial charge on any atom is 0.228 e. The fourth-order valence-electron chi connectivity index (χ4n) is 2.78. The van der Waals surface area contributed by atoms with Gasteiger partial charge in [0.25, 0.3) is 0 Å². The van der Waals surface area contributed by atoms with Gasteiger partial charge in [0.1, 0.15) is 5.82 Å². The molecule has 1 aliphatic rings. The predicted molar refractivity (Wildman–Crippen MR) is 83.8 cm³/mol. The highest BCUT2D eigenvalue weighted by Crippen LogP contribution is 2.28. The minimum atomic E-state index is 0.148. The summed E-state index contributed by atoms with van der Waals surface area (Å²) in [6.45, 7) is 3.27. The number of piperidine rings is 1. The molecular formula is C16H19N5O. The van der Waals surface area contributed by atoms with Crippen molar-refractivity contribution in [3.8, 4) is 0 Å². The Balaban J connectivity index is 1.75. The average molecular weight is 297 g/mol. The second-order valence-electron chi connectivity index (χ2n) is 5.48. The molecule has 114 valence electrons. The van der Waals surface area contributed by atoms with Crippen molar-refractivity contribution < 1.29 is 4.79 Å². The molecule has 3 rings (SSSR count). The molecule has 0 aromatic carbocycles. The molecule has 1 N–H and O–H groups in total. The Bertz CT molecular complexity index is 646. The van der Waals surface area contributed by atoms with Crippen LogP contribution in [0.4, 0.5) is 11.8 Å². The van der Waals surface area contributed by atoms with E-state index in [0.29, 0.717) is 11.9 Å². The number of carbonyl (C=O) groups is 1. The number of nitrogens with zero attached hydrogens (tertiary/aromatic N) is 4. The SMILES string of the molecule is CC(=O)N1CCC[C@@H](c2ccnc(Nc3ncccn3)c2)C1. The smallest absolute Gasteiger partial charge is 0.228 e. The Morgan fingerprint density at radius 2 is 2.09 bits per heavy atom. The number of carbonyl (C=O) groups excluding carboxylic acids is 1. The van der Waals surface area contributed by atoms with Crippen LogP contribution in [0.25, 0.3) is 0 Å². The molecule has 6 nitrogen and oxygen atoms in total. The summed E-state index contributed by atoms with van der Waals surface area (Å²) in [5.74, 6) is 1.76. The largest absolute Gasteiger partial charge is 0.342 e. The predicted octanol–water partition coefficient (Wildman–Crippen LogP) is 2.34. The molecule has 1 amide bonds. The summed E-state index contributed by atoms with van der Waals surface area (Å²) in [4.78, 5) is 26.1. The van der Waals surface area contributed by atoms with E-state index in [4.69, 9.17) is 0 Å². The van der Waals surface area contributed by atoms with Gasteiger partial charge in [0.15, 0.2) is 0 Å². The fourth-order valence-corrected chi connectivity index (χ4v) is 2.78. The summed E-state index contributed by atoms with van der Waals surface area (Å²) in [7, 11) is 0. The number of likely N-dealkylation sites (tertiary alicyclic amines) is 1. The zero-order valence-electron chi connectivity index (χ0n) is 12.6. The highest BCUT2D eigenvalue weighted by atomic mass is 16.2. The van der Waals surface area contributed by atoms with Crippen LogP contribution < -0.4 is 5.32 Å². The molecule has 0 unspecified atom stereocenters. The number of aromatic nitrogens is 3. The van der Waals surface area contributed by atoms with Gasteiger partial charge in [-0.25, -0.2) is 15.0 Å². The first kappa shape index (κ1) is 14.4. The van der Waals surface area contributed by atoms with Crippen molar-refractivity contribution in [2.24, 2.45) is 0 Å².